The minimum absolute atomic E-state index is 0.434. The van der Waals surface area contributed by atoms with Crippen LogP contribution in [0.1, 0.15) is 30.8 Å². The van der Waals surface area contributed by atoms with Gasteiger partial charge in [-0.25, -0.2) is 0 Å². The molecule has 0 aliphatic carbocycles. The zero-order valence-electron chi connectivity index (χ0n) is 13.3. The fourth-order valence-corrected chi connectivity index (χ4v) is 3.91. The standard InChI is InChI=1S/C17H27NO3/c1-14-3-4-16(21-14)11-18-8-5-17(6-9-18)7-10-20-13-15(17)12-19-2/h3-4,15H,5-13H2,1-2H3/t15-/m0/s1. The van der Waals surface area contributed by atoms with Crippen LogP contribution in [-0.2, 0) is 16.0 Å². The molecule has 0 aromatic carbocycles. The molecule has 0 N–H and O–H groups in total. The average Bonchev–Trinajstić information content (AvgIpc) is 2.90. The van der Waals surface area contributed by atoms with Gasteiger partial charge in [0.25, 0.3) is 0 Å². The highest BCUT2D eigenvalue weighted by Gasteiger charge is 2.43. The van der Waals surface area contributed by atoms with Crippen LogP contribution in [0, 0.1) is 18.3 Å². The maximum atomic E-state index is 5.70. The molecule has 2 aliphatic rings. The van der Waals surface area contributed by atoms with Gasteiger partial charge < -0.3 is 13.9 Å². The Hall–Kier alpha value is -0.840. The van der Waals surface area contributed by atoms with E-state index in [-0.39, 0.29) is 0 Å². The molecule has 21 heavy (non-hydrogen) atoms. The van der Waals surface area contributed by atoms with Crippen LogP contribution in [-0.4, -0.2) is 44.9 Å². The number of methoxy groups -OCH3 is 1. The van der Waals surface area contributed by atoms with Gasteiger partial charge in [0.15, 0.2) is 0 Å². The number of hydrogen-bond donors (Lipinski definition) is 0. The van der Waals surface area contributed by atoms with Crippen molar-refractivity contribution in [2.45, 2.75) is 32.7 Å². The van der Waals surface area contributed by atoms with E-state index in [9.17, 15) is 0 Å². The van der Waals surface area contributed by atoms with Gasteiger partial charge in [-0.1, -0.05) is 0 Å². The molecule has 1 atom stereocenters. The smallest absolute Gasteiger partial charge is 0.118 e. The Morgan fingerprint density at radius 2 is 2.10 bits per heavy atom. The lowest BCUT2D eigenvalue weighted by Crippen LogP contribution is -2.49. The predicted molar refractivity (Wildman–Crippen MR) is 81.2 cm³/mol. The Morgan fingerprint density at radius 3 is 2.76 bits per heavy atom. The molecular formula is C17H27NO3. The summed E-state index contributed by atoms with van der Waals surface area (Å²) < 4.78 is 16.8. The molecule has 2 aliphatic heterocycles. The van der Waals surface area contributed by atoms with Crippen LogP contribution >= 0.6 is 0 Å². The van der Waals surface area contributed by atoms with E-state index >= 15 is 0 Å². The molecule has 3 heterocycles. The zero-order chi connectivity index (χ0) is 14.7. The first-order chi connectivity index (χ1) is 10.2. The first-order valence-corrected chi connectivity index (χ1v) is 8.06. The molecule has 0 bridgehead atoms. The van der Waals surface area contributed by atoms with Crippen molar-refractivity contribution in [3.8, 4) is 0 Å². The van der Waals surface area contributed by atoms with Crippen LogP contribution in [0.3, 0.4) is 0 Å². The highest BCUT2D eigenvalue weighted by Crippen LogP contribution is 2.44. The highest BCUT2D eigenvalue weighted by atomic mass is 16.5. The van der Waals surface area contributed by atoms with Crippen LogP contribution in [0.25, 0.3) is 0 Å². The van der Waals surface area contributed by atoms with Gasteiger partial charge in [0, 0.05) is 19.6 Å². The highest BCUT2D eigenvalue weighted by molar-refractivity contribution is 5.06. The second-order valence-corrected chi connectivity index (χ2v) is 6.63. The Labute approximate surface area is 127 Å². The van der Waals surface area contributed by atoms with Gasteiger partial charge in [-0.2, -0.15) is 0 Å². The minimum atomic E-state index is 0.434. The lowest BCUT2D eigenvalue weighted by atomic mass is 9.66. The van der Waals surface area contributed by atoms with Crippen molar-refractivity contribution in [3.05, 3.63) is 23.7 Å². The lowest BCUT2D eigenvalue weighted by Gasteiger charge is -2.48. The van der Waals surface area contributed by atoms with Crippen LogP contribution < -0.4 is 0 Å². The first kappa shape index (κ1) is 15.1. The van der Waals surface area contributed by atoms with Gasteiger partial charge in [0.1, 0.15) is 11.5 Å². The Kier molecular flexibility index (Phi) is 4.67. The number of furan rings is 1. The molecule has 0 saturated carbocycles. The Morgan fingerprint density at radius 1 is 1.29 bits per heavy atom. The third-order valence-electron chi connectivity index (χ3n) is 5.32. The van der Waals surface area contributed by atoms with Gasteiger partial charge in [-0.15, -0.1) is 0 Å². The molecule has 0 radical (unpaired) electrons. The second kappa shape index (κ2) is 6.51. The number of nitrogens with zero attached hydrogens (tertiary/aromatic N) is 1. The fraction of sp³-hybridized carbons (Fsp3) is 0.765. The molecule has 1 aromatic rings. The summed E-state index contributed by atoms with van der Waals surface area (Å²) >= 11 is 0. The average molecular weight is 293 g/mol. The maximum Gasteiger partial charge on any atom is 0.118 e. The molecule has 3 rings (SSSR count). The van der Waals surface area contributed by atoms with Crippen LogP contribution in [0.5, 0.6) is 0 Å². The summed E-state index contributed by atoms with van der Waals surface area (Å²) in [7, 11) is 1.80. The molecule has 2 saturated heterocycles. The third kappa shape index (κ3) is 3.33. The number of likely N-dealkylation sites (tertiary alicyclic amines) is 1. The van der Waals surface area contributed by atoms with Crippen LogP contribution in [0.2, 0.25) is 0 Å². The van der Waals surface area contributed by atoms with E-state index in [2.05, 4.69) is 11.0 Å². The summed E-state index contributed by atoms with van der Waals surface area (Å²) in [6, 6.07) is 4.15. The molecular weight excluding hydrogens is 266 g/mol. The van der Waals surface area contributed by atoms with Gasteiger partial charge in [0.2, 0.25) is 0 Å². The van der Waals surface area contributed by atoms with Crippen molar-refractivity contribution < 1.29 is 13.9 Å². The largest absolute Gasteiger partial charge is 0.465 e. The normalized spacial score (nSPS) is 26.3. The predicted octanol–water partition coefficient (Wildman–Crippen LogP) is 2.85. The number of rotatable bonds is 4. The Balaban J connectivity index is 1.58. The molecule has 118 valence electrons. The molecule has 0 amide bonds. The topological polar surface area (TPSA) is 34.8 Å². The first-order valence-electron chi connectivity index (χ1n) is 8.06. The second-order valence-electron chi connectivity index (χ2n) is 6.63. The van der Waals surface area contributed by atoms with Gasteiger partial charge >= 0.3 is 0 Å². The quantitative estimate of drug-likeness (QED) is 0.855. The van der Waals surface area contributed by atoms with Crippen LogP contribution in [0.4, 0.5) is 0 Å². The molecule has 4 nitrogen and oxygen atoms in total. The molecule has 2 fully saturated rings. The monoisotopic (exact) mass is 293 g/mol. The van der Waals surface area contributed by atoms with E-state index in [1.807, 2.05) is 13.0 Å². The molecule has 1 spiro atoms. The van der Waals surface area contributed by atoms with E-state index in [1.165, 1.54) is 19.3 Å². The van der Waals surface area contributed by atoms with E-state index < -0.39 is 0 Å². The minimum Gasteiger partial charge on any atom is -0.465 e. The summed E-state index contributed by atoms with van der Waals surface area (Å²) in [5.41, 5.74) is 0.434. The van der Waals surface area contributed by atoms with E-state index in [0.29, 0.717) is 11.3 Å². The summed E-state index contributed by atoms with van der Waals surface area (Å²) in [6.45, 7) is 7.86. The van der Waals surface area contributed by atoms with Crippen molar-refractivity contribution in [1.29, 1.82) is 0 Å². The maximum absolute atomic E-state index is 5.70. The summed E-state index contributed by atoms with van der Waals surface area (Å²) in [5, 5.41) is 0. The third-order valence-corrected chi connectivity index (χ3v) is 5.32. The van der Waals surface area contributed by atoms with E-state index in [1.54, 1.807) is 7.11 Å². The molecule has 4 heteroatoms. The Bertz CT molecular complexity index is 447. The fourth-order valence-electron chi connectivity index (χ4n) is 3.91. The lowest BCUT2D eigenvalue weighted by molar-refractivity contribution is -0.0954. The van der Waals surface area contributed by atoms with Crippen molar-refractivity contribution in [2.24, 2.45) is 11.3 Å². The van der Waals surface area contributed by atoms with Crippen molar-refractivity contribution in [1.82, 2.24) is 4.90 Å². The number of ether oxygens (including phenoxy) is 2. The van der Waals surface area contributed by atoms with Crippen LogP contribution in [0.15, 0.2) is 16.5 Å². The number of hydrogen-bond acceptors (Lipinski definition) is 4. The number of piperidine rings is 1. The SMILES string of the molecule is COC[C@H]1COCCC12CCN(Cc1ccc(C)o1)CC2. The molecule has 0 unspecified atom stereocenters. The van der Waals surface area contributed by atoms with Crippen molar-refractivity contribution in [3.63, 3.8) is 0 Å². The number of aryl methyl sites for hydroxylation is 1. The summed E-state index contributed by atoms with van der Waals surface area (Å²) in [5.74, 6) is 2.65. The summed E-state index contributed by atoms with van der Waals surface area (Å²) in [4.78, 5) is 2.52. The molecule has 1 aromatic heterocycles. The zero-order valence-corrected chi connectivity index (χ0v) is 13.3. The van der Waals surface area contributed by atoms with Crippen molar-refractivity contribution >= 4 is 0 Å². The van der Waals surface area contributed by atoms with Crippen molar-refractivity contribution in [2.75, 3.05) is 40.0 Å². The van der Waals surface area contributed by atoms with E-state index in [0.717, 1.165) is 51.0 Å². The van der Waals surface area contributed by atoms with Gasteiger partial charge in [0.05, 0.1) is 19.8 Å². The van der Waals surface area contributed by atoms with Gasteiger partial charge in [-0.3, -0.25) is 4.90 Å². The van der Waals surface area contributed by atoms with Gasteiger partial charge in [-0.05, 0) is 56.8 Å². The summed E-state index contributed by atoms with van der Waals surface area (Å²) in [6.07, 6.45) is 3.70. The van der Waals surface area contributed by atoms with E-state index in [4.69, 9.17) is 13.9 Å².